The van der Waals surface area contributed by atoms with Crippen LogP contribution in [0.1, 0.15) is 12.8 Å². The van der Waals surface area contributed by atoms with Crippen molar-refractivity contribution in [3.8, 4) is 0 Å². The van der Waals surface area contributed by atoms with E-state index in [9.17, 15) is 0 Å². The molecule has 0 aliphatic carbocycles. The third-order valence-electron chi connectivity index (χ3n) is 3.39. The van der Waals surface area contributed by atoms with E-state index in [0.29, 0.717) is 6.04 Å². The van der Waals surface area contributed by atoms with Gasteiger partial charge in [-0.25, -0.2) is 0 Å². The predicted molar refractivity (Wildman–Crippen MR) is 85.6 cm³/mol. The van der Waals surface area contributed by atoms with Crippen LogP contribution in [0.4, 0.5) is 5.69 Å². The summed E-state index contributed by atoms with van der Waals surface area (Å²) in [5.74, 6) is 2.58. The van der Waals surface area contributed by atoms with E-state index in [-0.39, 0.29) is 0 Å². The maximum absolute atomic E-state index is 3.66. The summed E-state index contributed by atoms with van der Waals surface area (Å²) in [6.45, 7) is 0. The number of rotatable bonds is 2. The first-order chi connectivity index (χ1) is 8.81. The largest absolute Gasteiger partial charge is 0.382 e. The third kappa shape index (κ3) is 2.83. The van der Waals surface area contributed by atoms with Crippen LogP contribution in [0.2, 0.25) is 0 Å². The van der Waals surface area contributed by atoms with Crippen LogP contribution in [0.25, 0.3) is 10.8 Å². The molecule has 3 heteroatoms. The number of thioether (sulfide) groups is 1. The Morgan fingerprint density at radius 1 is 1.00 bits per heavy atom. The summed E-state index contributed by atoms with van der Waals surface area (Å²) in [6, 6.07) is 13.7. The molecule has 1 aliphatic heterocycles. The molecule has 1 heterocycles. The van der Waals surface area contributed by atoms with Gasteiger partial charge in [-0.1, -0.05) is 28.1 Å². The lowest BCUT2D eigenvalue weighted by atomic mass is 10.1. The van der Waals surface area contributed by atoms with Gasteiger partial charge in [-0.2, -0.15) is 11.8 Å². The molecule has 0 bridgehead atoms. The van der Waals surface area contributed by atoms with Crippen molar-refractivity contribution in [2.75, 3.05) is 16.8 Å². The monoisotopic (exact) mass is 321 g/mol. The van der Waals surface area contributed by atoms with Crippen molar-refractivity contribution in [1.82, 2.24) is 0 Å². The summed E-state index contributed by atoms with van der Waals surface area (Å²) in [6.07, 6.45) is 2.56. The number of hydrogen-bond acceptors (Lipinski definition) is 2. The minimum atomic E-state index is 0.652. The first kappa shape index (κ1) is 12.4. The van der Waals surface area contributed by atoms with E-state index in [0.717, 1.165) is 4.47 Å². The molecule has 0 atom stereocenters. The fourth-order valence-corrected chi connectivity index (χ4v) is 3.87. The highest BCUT2D eigenvalue weighted by molar-refractivity contribution is 9.10. The summed E-state index contributed by atoms with van der Waals surface area (Å²) in [5.41, 5.74) is 1.25. The molecule has 94 valence electrons. The van der Waals surface area contributed by atoms with Crippen LogP contribution in [0.15, 0.2) is 40.9 Å². The zero-order valence-corrected chi connectivity index (χ0v) is 12.6. The van der Waals surface area contributed by atoms with Crippen molar-refractivity contribution in [3.05, 3.63) is 40.9 Å². The lowest BCUT2D eigenvalue weighted by Gasteiger charge is -2.23. The molecule has 1 nitrogen and oxygen atoms in total. The standard InChI is InChI=1S/C15H16BrNS/c16-13-3-1-12-10-15(4-2-11(12)9-13)17-14-5-7-18-8-6-14/h1-4,9-10,14,17H,5-8H2. The van der Waals surface area contributed by atoms with Gasteiger partial charge in [0, 0.05) is 16.2 Å². The van der Waals surface area contributed by atoms with Crippen LogP contribution in [0, 0.1) is 0 Å². The minimum Gasteiger partial charge on any atom is -0.382 e. The number of fused-ring (bicyclic) bond motifs is 1. The zero-order chi connectivity index (χ0) is 12.4. The first-order valence-corrected chi connectivity index (χ1v) is 8.30. The molecule has 3 rings (SSSR count). The van der Waals surface area contributed by atoms with Crippen LogP contribution in [0.5, 0.6) is 0 Å². The highest BCUT2D eigenvalue weighted by Gasteiger charge is 2.13. The highest BCUT2D eigenvalue weighted by Crippen LogP contribution is 2.25. The van der Waals surface area contributed by atoms with Gasteiger partial charge in [0.25, 0.3) is 0 Å². The molecule has 2 aromatic carbocycles. The predicted octanol–water partition coefficient (Wildman–Crippen LogP) is 4.91. The molecule has 0 unspecified atom stereocenters. The van der Waals surface area contributed by atoms with Crippen LogP contribution >= 0.6 is 27.7 Å². The van der Waals surface area contributed by atoms with Gasteiger partial charge in [0.05, 0.1) is 0 Å². The van der Waals surface area contributed by atoms with Crippen molar-refractivity contribution in [2.24, 2.45) is 0 Å². The van der Waals surface area contributed by atoms with Crippen LogP contribution in [0.3, 0.4) is 0 Å². The second kappa shape index (κ2) is 5.54. The maximum atomic E-state index is 3.66. The van der Waals surface area contributed by atoms with Crippen LogP contribution in [-0.2, 0) is 0 Å². The molecular formula is C15H16BrNS. The average molecular weight is 322 g/mol. The Labute approximate surface area is 120 Å². The molecule has 0 saturated carbocycles. The van der Waals surface area contributed by atoms with E-state index >= 15 is 0 Å². The molecule has 1 saturated heterocycles. The zero-order valence-electron chi connectivity index (χ0n) is 10.2. The minimum absolute atomic E-state index is 0.652. The molecule has 1 N–H and O–H groups in total. The molecule has 0 spiro atoms. The normalized spacial score (nSPS) is 16.9. The molecule has 1 fully saturated rings. The van der Waals surface area contributed by atoms with Gasteiger partial charge >= 0.3 is 0 Å². The van der Waals surface area contributed by atoms with Gasteiger partial charge in [0.1, 0.15) is 0 Å². The van der Waals surface area contributed by atoms with Gasteiger partial charge in [-0.15, -0.1) is 0 Å². The van der Waals surface area contributed by atoms with Crippen molar-refractivity contribution in [3.63, 3.8) is 0 Å². The van der Waals surface area contributed by atoms with Crippen LogP contribution in [-0.4, -0.2) is 17.5 Å². The molecular weight excluding hydrogens is 306 g/mol. The Balaban J connectivity index is 1.82. The van der Waals surface area contributed by atoms with Crippen LogP contribution < -0.4 is 5.32 Å². The summed E-state index contributed by atoms with van der Waals surface area (Å²) >= 11 is 5.58. The van der Waals surface area contributed by atoms with Gasteiger partial charge in [0.2, 0.25) is 0 Å². The quantitative estimate of drug-likeness (QED) is 0.843. The topological polar surface area (TPSA) is 12.0 Å². The van der Waals surface area contributed by atoms with Gasteiger partial charge in [0.15, 0.2) is 0 Å². The number of benzene rings is 2. The van der Waals surface area contributed by atoms with Gasteiger partial charge in [-0.05, 0) is 59.4 Å². The highest BCUT2D eigenvalue weighted by atomic mass is 79.9. The molecule has 1 aliphatic rings. The second-order valence-electron chi connectivity index (χ2n) is 4.74. The van der Waals surface area contributed by atoms with Crippen molar-refractivity contribution < 1.29 is 0 Å². The maximum Gasteiger partial charge on any atom is 0.0348 e. The molecule has 0 amide bonds. The Bertz CT molecular complexity index is 549. The van der Waals surface area contributed by atoms with Crippen molar-refractivity contribution >= 4 is 44.2 Å². The number of halogens is 1. The van der Waals surface area contributed by atoms with E-state index in [2.05, 4.69) is 69.4 Å². The number of nitrogens with one attached hydrogen (secondary N) is 1. The van der Waals surface area contributed by atoms with Crippen molar-refractivity contribution in [2.45, 2.75) is 18.9 Å². The SMILES string of the molecule is Brc1ccc2cc(NC3CCSCC3)ccc2c1. The summed E-state index contributed by atoms with van der Waals surface area (Å²) in [5, 5.41) is 6.25. The van der Waals surface area contributed by atoms with Gasteiger partial charge in [-0.3, -0.25) is 0 Å². The molecule has 0 aromatic heterocycles. The fraction of sp³-hybridized carbons (Fsp3) is 0.333. The summed E-state index contributed by atoms with van der Waals surface area (Å²) in [7, 11) is 0. The van der Waals surface area contributed by atoms with E-state index in [1.807, 2.05) is 0 Å². The Morgan fingerprint density at radius 2 is 1.72 bits per heavy atom. The van der Waals surface area contributed by atoms with E-state index in [4.69, 9.17) is 0 Å². The van der Waals surface area contributed by atoms with E-state index in [1.165, 1.54) is 40.8 Å². The van der Waals surface area contributed by atoms with Gasteiger partial charge < -0.3 is 5.32 Å². The number of hydrogen-bond donors (Lipinski definition) is 1. The molecule has 18 heavy (non-hydrogen) atoms. The summed E-state index contributed by atoms with van der Waals surface area (Å²) < 4.78 is 1.14. The Morgan fingerprint density at radius 3 is 2.56 bits per heavy atom. The number of anilines is 1. The Hall–Kier alpha value is -0.670. The lowest BCUT2D eigenvalue weighted by molar-refractivity contribution is 0.667. The smallest absolute Gasteiger partial charge is 0.0348 e. The first-order valence-electron chi connectivity index (χ1n) is 6.35. The third-order valence-corrected chi connectivity index (χ3v) is 4.94. The fourth-order valence-electron chi connectivity index (χ4n) is 2.38. The molecule has 2 aromatic rings. The van der Waals surface area contributed by atoms with Crippen molar-refractivity contribution in [1.29, 1.82) is 0 Å². The van der Waals surface area contributed by atoms with E-state index in [1.54, 1.807) is 0 Å². The average Bonchev–Trinajstić information content (AvgIpc) is 2.40. The lowest BCUT2D eigenvalue weighted by Crippen LogP contribution is -2.24. The summed E-state index contributed by atoms with van der Waals surface area (Å²) in [4.78, 5) is 0. The Kier molecular flexibility index (Phi) is 3.80. The second-order valence-corrected chi connectivity index (χ2v) is 6.88. The van der Waals surface area contributed by atoms with E-state index < -0.39 is 0 Å². The molecule has 0 radical (unpaired) electrons.